The Morgan fingerprint density at radius 2 is 1.91 bits per heavy atom. The van der Waals surface area contributed by atoms with Crippen molar-refractivity contribution in [2.45, 2.75) is 69.6 Å². The van der Waals surface area contributed by atoms with E-state index in [0.29, 0.717) is 24.0 Å². The van der Waals surface area contributed by atoms with Gasteiger partial charge in [-0.1, -0.05) is 50.1 Å². The predicted octanol–water partition coefficient (Wildman–Crippen LogP) is 6.97. The Balaban J connectivity index is 1.29. The molecule has 56 heavy (non-hydrogen) atoms. The van der Waals surface area contributed by atoms with Crippen LogP contribution in [-0.4, -0.2) is 116 Å². The van der Waals surface area contributed by atoms with Crippen LogP contribution in [0.3, 0.4) is 0 Å². The van der Waals surface area contributed by atoms with E-state index in [-0.39, 0.29) is 23.0 Å². The number of amides is 1. The van der Waals surface area contributed by atoms with Crippen LogP contribution < -0.4 is 14.4 Å². The Hall–Kier alpha value is -3.35. The predicted molar refractivity (Wildman–Crippen MR) is 231 cm³/mol. The third-order valence-corrected chi connectivity index (χ3v) is 14.3. The SMILES string of the molecule is C=N/C=C\C=NCCN1CCN(CC2(OC)/C=C/CC(C)C(C)S(=O)NC(=O)c3ccc4c(c3)N(CC(c3ccc(Cl)cc3CCC)CO4)CC3CCC32)CC1. The second kappa shape index (κ2) is 19.9. The first-order valence-corrected chi connectivity index (χ1v) is 22.0. The van der Waals surface area contributed by atoms with E-state index in [9.17, 15) is 9.00 Å². The summed E-state index contributed by atoms with van der Waals surface area (Å²) in [4.78, 5) is 29.3. The van der Waals surface area contributed by atoms with Gasteiger partial charge in [0.15, 0.2) is 0 Å². The van der Waals surface area contributed by atoms with Crippen LogP contribution in [0.5, 0.6) is 5.75 Å². The molecule has 2 aromatic carbocycles. The molecule has 2 bridgehead atoms. The zero-order chi connectivity index (χ0) is 39.7. The van der Waals surface area contributed by atoms with E-state index < -0.39 is 16.6 Å². The van der Waals surface area contributed by atoms with Gasteiger partial charge in [0.05, 0.1) is 24.1 Å². The fraction of sp³-hybridized carbons (Fsp3) is 0.568. The van der Waals surface area contributed by atoms with Gasteiger partial charge in [-0.05, 0) is 105 Å². The Morgan fingerprint density at radius 3 is 2.64 bits per heavy atom. The number of nitrogens with one attached hydrogen (secondary N) is 1. The van der Waals surface area contributed by atoms with Crippen LogP contribution in [0.25, 0.3) is 0 Å². The summed E-state index contributed by atoms with van der Waals surface area (Å²) in [6, 6.07) is 11.9. The zero-order valence-corrected chi connectivity index (χ0v) is 35.3. The largest absolute Gasteiger partial charge is 0.491 e. The number of allylic oxidation sites excluding steroid dienone is 2. The molecule has 0 aromatic heterocycles. The number of hydrogen-bond donors (Lipinski definition) is 1. The number of carbonyl (C=O) groups is 1. The van der Waals surface area contributed by atoms with Crippen molar-refractivity contribution in [3.63, 3.8) is 0 Å². The van der Waals surface area contributed by atoms with Crippen LogP contribution in [0.2, 0.25) is 5.02 Å². The number of hydrogen-bond acceptors (Lipinski definition) is 9. The highest BCUT2D eigenvalue weighted by molar-refractivity contribution is 7.84. The lowest BCUT2D eigenvalue weighted by Gasteiger charge is -2.52. The Bertz CT molecular complexity index is 1780. The summed E-state index contributed by atoms with van der Waals surface area (Å²) in [6.07, 6.45) is 14.7. The van der Waals surface area contributed by atoms with Gasteiger partial charge < -0.3 is 14.4 Å². The highest BCUT2D eigenvalue weighted by Crippen LogP contribution is 2.47. The number of halogens is 1. The highest BCUT2D eigenvalue weighted by Gasteiger charge is 2.48. The summed E-state index contributed by atoms with van der Waals surface area (Å²) in [5.74, 6) is 1.29. The summed E-state index contributed by atoms with van der Waals surface area (Å²) in [5.41, 5.74) is 3.43. The van der Waals surface area contributed by atoms with Gasteiger partial charge in [-0.3, -0.25) is 29.3 Å². The number of ether oxygens (including phenoxy) is 2. The number of aryl methyl sites for hydroxylation is 1. The minimum absolute atomic E-state index is 0.0834. The molecule has 7 atom stereocenters. The molecule has 3 heterocycles. The molecule has 12 heteroatoms. The maximum Gasteiger partial charge on any atom is 0.263 e. The monoisotopic (exact) mass is 804 g/mol. The maximum atomic E-state index is 13.6. The molecule has 304 valence electrons. The molecule has 1 amide bonds. The minimum Gasteiger partial charge on any atom is -0.491 e. The average Bonchev–Trinajstić information content (AvgIpc) is 3.36. The van der Waals surface area contributed by atoms with Gasteiger partial charge >= 0.3 is 0 Å². The van der Waals surface area contributed by atoms with Gasteiger partial charge in [0.1, 0.15) is 22.3 Å². The van der Waals surface area contributed by atoms with Crippen molar-refractivity contribution < 1.29 is 18.5 Å². The first-order chi connectivity index (χ1) is 27.1. The van der Waals surface area contributed by atoms with E-state index in [4.69, 9.17) is 21.1 Å². The zero-order valence-electron chi connectivity index (χ0n) is 33.7. The van der Waals surface area contributed by atoms with Crippen LogP contribution in [0.4, 0.5) is 5.69 Å². The molecule has 2 fully saturated rings. The molecule has 7 unspecified atom stereocenters. The van der Waals surface area contributed by atoms with Crippen molar-refractivity contribution in [1.29, 1.82) is 0 Å². The molecule has 1 aliphatic carbocycles. The fourth-order valence-corrected chi connectivity index (χ4v) is 10.0. The van der Waals surface area contributed by atoms with Gasteiger partial charge in [-0.2, -0.15) is 0 Å². The molecule has 2 aromatic rings. The third kappa shape index (κ3) is 10.2. The summed E-state index contributed by atoms with van der Waals surface area (Å²) < 4.78 is 29.7. The standard InChI is InChI=1S/C44H61ClN6O4S/c1-6-9-34-26-38(45)13-14-39(34)37-29-51-28-36-11-15-40(36)44(54-5,31-50-24-22-49(23-25-50)21-20-47-19-8-18-46-4)17-7-10-32(2)33(3)56(53)48-43(52)35-12-16-42(55-30-37)41(51)27-35/h7-8,12-14,16-19,26-27,32-33,36-37,40H,4,6,9-11,15,20-25,28-31H2,1-3,5H3,(H,48,52)/b17-7+,18-8-,47-19?. The molecule has 1 saturated carbocycles. The number of benzene rings is 2. The molecule has 3 aliphatic heterocycles. The Labute approximate surface area is 342 Å². The second-order valence-corrected chi connectivity index (χ2v) is 18.0. The van der Waals surface area contributed by atoms with E-state index in [1.54, 1.807) is 18.5 Å². The number of methoxy groups -OCH3 is 1. The van der Waals surface area contributed by atoms with E-state index in [2.05, 4.69) is 74.3 Å². The molecule has 1 N–H and O–H groups in total. The van der Waals surface area contributed by atoms with E-state index in [1.807, 2.05) is 38.3 Å². The number of anilines is 1. The van der Waals surface area contributed by atoms with Crippen molar-refractivity contribution in [3.05, 3.63) is 82.5 Å². The van der Waals surface area contributed by atoms with E-state index >= 15 is 0 Å². The molecule has 0 spiro atoms. The molecular formula is C44H61ClN6O4S. The first-order valence-electron chi connectivity index (χ1n) is 20.4. The van der Waals surface area contributed by atoms with Gasteiger partial charge in [0.25, 0.3) is 5.91 Å². The number of aliphatic imine (C=N–C) groups is 2. The van der Waals surface area contributed by atoms with E-state index in [1.165, 1.54) is 11.1 Å². The molecule has 0 radical (unpaired) electrons. The lowest BCUT2D eigenvalue weighted by molar-refractivity contribution is -0.0953. The fourth-order valence-electron chi connectivity index (χ4n) is 8.83. The highest BCUT2D eigenvalue weighted by atomic mass is 35.5. The lowest BCUT2D eigenvalue weighted by Crippen LogP contribution is -2.58. The molecule has 6 rings (SSSR count). The normalized spacial score (nSPS) is 29.9. The Kier molecular flexibility index (Phi) is 15.0. The van der Waals surface area contributed by atoms with Crippen molar-refractivity contribution in [2.24, 2.45) is 27.7 Å². The number of piperazine rings is 1. The van der Waals surface area contributed by atoms with Crippen LogP contribution >= 0.6 is 11.6 Å². The van der Waals surface area contributed by atoms with Gasteiger partial charge in [0.2, 0.25) is 0 Å². The molecular weight excluding hydrogens is 744 g/mol. The quantitative estimate of drug-likeness (QED) is 0.194. The number of carbonyl (C=O) groups excluding carboxylic acids is 1. The lowest BCUT2D eigenvalue weighted by atomic mass is 9.63. The summed E-state index contributed by atoms with van der Waals surface area (Å²) in [5, 5.41) is 0.509. The van der Waals surface area contributed by atoms with Crippen LogP contribution in [0.15, 0.2) is 70.8 Å². The number of nitrogens with zero attached hydrogens (tertiary/aromatic N) is 5. The molecule has 4 aliphatic rings. The van der Waals surface area contributed by atoms with Gasteiger partial charge in [-0.25, -0.2) is 4.21 Å². The van der Waals surface area contributed by atoms with Crippen LogP contribution in [-0.2, 0) is 22.1 Å². The average molecular weight is 806 g/mol. The summed E-state index contributed by atoms with van der Waals surface area (Å²) in [7, 11) is 0.323. The topological polar surface area (TPSA) is 99.1 Å². The van der Waals surface area contributed by atoms with Crippen LogP contribution in [0, 0.1) is 17.8 Å². The number of fused-ring (bicyclic) bond motifs is 2. The summed E-state index contributed by atoms with van der Waals surface area (Å²) in [6.45, 7) is 18.2. The molecule has 10 nitrogen and oxygen atoms in total. The smallest absolute Gasteiger partial charge is 0.263 e. The maximum absolute atomic E-state index is 13.6. The van der Waals surface area contributed by atoms with Gasteiger partial charge in [-0.15, -0.1) is 0 Å². The minimum atomic E-state index is -1.56. The first kappa shape index (κ1) is 42.3. The Morgan fingerprint density at radius 1 is 1.11 bits per heavy atom. The molecule has 1 saturated heterocycles. The van der Waals surface area contributed by atoms with Crippen molar-refractivity contribution in [3.8, 4) is 5.75 Å². The summed E-state index contributed by atoms with van der Waals surface area (Å²) >= 11 is 6.51. The second-order valence-electron chi connectivity index (χ2n) is 16.0. The van der Waals surface area contributed by atoms with Crippen molar-refractivity contribution in [2.75, 3.05) is 77.5 Å². The van der Waals surface area contributed by atoms with E-state index in [0.717, 1.165) is 107 Å². The van der Waals surface area contributed by atoms with Crippen LogP contribution in [0.1, 0.15) is 73.9 Å². The van der Waals surface area contributed by atoms with Crippen molar-refractivity contribution >= 4 is 47.1 Å². The van der Waals surface area contributed by atoms with Crippen molar-refractivity contribution in [1.82, 2.24) is 14.5 Å². The third-order valence-electron chi connectivity index (χ3n) is 12.5. The number of rotatable bonds is 11. The van der Waals surface area contributed by atoms with Gasteiger partial charge in [0, 0.05) is 88.4 Å².